The topological polar surface area (TPSA) is 85.9 Å². The second-order valence-electron chi connectivity index (χ2n) is 7.41. The molecule has 0 aliphatic carbocycles. The molecule has 164 valence electrons. The van der Waals surface area contributed by atoms with Crippen molar-refractivity contribution < 1.29 is 23.8 Å². The predicted octanol–water partition coefficient (Wildman–Crippen LogP) is 4.18. The third-order valence-electron chi connectivity index (χ3n) is 5.16. The molecule has 7 nitrogen and oxygen atoms in total. The van der Waals surface area contributed by atoms with Gasteiger partial charge in [-0.2, -0.15) is 0 Å². The maximum atomic E-state index is 12.8. The molecule has 32 heavy (non-hydrogen) atoms. The van der Waals surface area contributed by atoms with Crippen molar-refractivity contribution in [2.75, 3.05) is 19.2 Å². The van der Waals surface area contributed by atoms with Gasteiger partial charge in [0, 0.05) is 6.04 Å². The second kappa shape index (κ2) is 9.87. The lowest BCUT2D eigenvalue weighted by Crippen LogP contribution is -2.41. The van der Waals surface area contributed by atoms with Crippen LogP contribution in [0.1, 0.15) is 21.5 Å². The molecule has 0 saturated heterocycles. The van der Waals surface area contributed by atoms with E-state index in [2.05, 4.69) is 10.6 Å². The molecule has 3 aromatic carbocycles. The summed E-state index contributed by atoms with van der Waals surface area (Å²) in [7, 11) is 1.31. The van der Waals surface area contributed by atoms with E-state index in [9.17, 15) is 9.59 Å². The van der Waals surface area contributed by atoms with Crippen LogP contribution in [0, 0.1) is 0 Å². The zero-order valence-electron chi connectivity index (χ0n) is 17.7. The van der Waals surface area contributed by atoms with Gasteiger partial charge in [-0.25, -0.2) is 9.59 Å². The summed E-state index contributed by atoms with van der Waals surface area (Å²) in [4.78, 5) is 24.8. The highest BCUT2D eigenvalue weighted by Gasteiger charge is 2.19. The highest BCUT2D eigenvalue weighted by molar-refractivity contribution is 6.00. The van der Waals surface area contributed by atoms with Crippen molar-refractivity contribution in [3.63, 3.8) is 0 Å². The average molecular weight is 432 g/mol. The fraction of sp³-hybridized carbons (Fsp3) is 0.200. The standard InChI is InChI=1S/C25H24N2O5/c1-30-24(28)20-9-5-6-10-21(20)27-25(29)26-19(13-17-7-3-2-4-8-17)14-18-11-12-22-23(15-18)32-16-31-22/h2-12,15,19H,13-14,16H2,1H3,(H2,26,27,29)/t19-/m0/s1. The molecule has 1 heterocycles. The number of amides is 2. The number of nitrogens with one attached hydrogen (secondary N) is 2. The summed E-state index contributed by atoms with van der Waals surface area (Å²) >= 11 is 0. The summed E-state index contributed by atoms with van der Waals surface area (Å²) in [5.74, 6) is 0.915. The first kappa shape index (κ1) is 21.2. The molecule has 1 aliphatic rings. The number of benzene rings is 3. The quantitative estimate of drug-likeness (QED) is 0.547. The van der Waals surface area contributed by atoms with Gasteiger partial charge in [-0.15, -0.1) is 0 Å². The molecule has 1 atom stereocenters. The van der Waals surface area contributed by atoms with Crippen LogP contribution in [0.15, 0.2) is 72.8 Å². The van der Waals surface area contributed by atoms with Crippen LogP contribution in [0.2, 0.25) is 0 Å². The van der Waals surface area contributed by atoms with Crippen molar-refractivity contribution in [2.45, 2.75) is 18.9 Å². The average Bonchev–Trinajstić information content (AvgIpc) is 3.27. The summed E-state index contributed by atoms with van der Waals surface area (Å²) < 4.78 is 15.7. The van der Waals surface area contributed by atoms with Gasteiger partial charge in [-0.1, -0.05) is 48.5 Å². The number of methoxy groups -OCH3 is 1. The van der Waals surface area contributed by atoms with Crippen molar-refractivity contribution >= 4 is 17.7 Å². The third-order valence-corrected chi connectivity index (χ3v) is 5.16. The molecule has 3 aromatic rings. The van der Waals surface area contributed by atoms with Gasteiger partial charge in [0.2, 0.25) is 6.79 Å². The largest absolute Gasteiger partial charge is 0.465 e. The number of carbonyl (C=O) groups is 2. The van der Waals surface area contributed by atoms with E-state index in [0.29, 0.717) is 29.8 Å². The van der Waals surface area contributed by atoms with Crippen LogP contribution in [0.3, 0.4) is 0 Å². The van der Waals surface area contributed by atoms with Gasteiger partial charge < -0.3 is 24.8 Å². The van der Waals surface area contributed by atoms with Gasteiger partial charge in [0.05, 0.1) is 18.4 Å². The fourth-order valence-corrected chi connectivity index (χ4v) is 3.65. The van der Waals surface area contributed by atoms with Crippen LogP contribution >= 0.6 is 0 Å². The second-order valence-corrected chi connectivity index (χ2v) is 7.41. The van der Waals surface area contributed by atoms with Crippen molar-refractivity contribution in [3.05, 3.63) is 89.5 Å². The van der Waals surface area contributed by atoms with Crippen LogP contribution in [-0.2, 0) is 17.6 Å². The zero-order valence-corrected chi connectivity index (χ0v) is 17.7. The molecule has 0 unspecified atom stereocenters. The lowest BCUT2D eigenvalue weighted by atomic mass is 9.98. The van der Waals surface area contributed by atoms with Crippen LogP contribution in [-0.4, -0.2) is 31.9 Å². The van der Waals surface area contributed by atoms with E-state index in [1.807, 2.05) is 48.5 Å². The number of carbonyl (C=O) groups excluding carboxylic acids is 2. The monoisotopic (exact) mass is 432 g/mol. The minimum atomic E-state index is -0.512. The van der Waals surface area contributed by atoms with Crippen LogP contribution < -0.4 is 20.1 Å². The van der Waals surface area contributed by atoms with E-state index in [4.69, 9.17) is 14.2 Å². The molecule has 4 rings (SSSR count). The lowest BCUT2D eigenvalue weighted by molar-refractivity contribution is 0.0602. The van der Waals surface area contributed by atoms with E-state index >= 15 is 0 Å². The predicted molar refractivity (Wildman–Crippen MR) is 120 cm³/mol. The summed E-state index contributed by atoms with van der Waals surface area (Å²) in [6, 6.07) is 21.9. The maximum Gasteiger partial charge on any atom is 0.339 e. The Kier molecular flexibility index (Phi) is 6.55. The van der Waals surface area contributed by atoms with Crippen molar-refractivity contribution in [1.29, 1.82) is 0 Å². The molecule has 7 heteroatoms. The van der Waals surface area contributed by atoms with Crippen molar-refractivity contribution in [1.82, 2.24) is 5.32 Å². The summed E-state index contributed by atoms with van der Waals surface area (Å²) in [6.07, 6.45) is 1.24. The Morgan fingerprint density at radius 2 is 1.62 bits per heavy atom. The van der Waals surface area contributed by atoms with Gasteiger partial charge in [0.15, 0.2) is 11.5 Å². The normalized spacial score (nSPS) is 12.7. The van der Waals surface area contributed by atoms with E-state index in [1.165, 1.54) is 7.11 Å². The van der Waals surface area contributed by atoms with E-state index in [1.54, 1.807) is 24.3 Å². The zero-order chi connectivity index (χ0) is 22.3. The SMILES string of the molecule is COC(=O)c1ccccc1NC(=O)N[C@@H](Cc1ccccc1)Cc1ccc2c(c1)OCO2. The molecular weight excluding hydrogens is 408 g/mol. The van der Waals surface area contributed by atoms with Gasteiger partial charge in [0.1, 0.15) is 0 Å². The Hall–Kier alpha value is -4.00. The molecular formula is C25H24N2O5. The molecule has 0 radical (unpaired) electrons. The Bertz CT molecular complexity index is 1100. The van der Waals surface area contributed by atoms with Crippen LogP contribution in [0.5, 0.6) is 11.5 Å². The third kappa shape index (κ3) is 5.18. The molecule has 1 aliphatic heterocycles. The first-order chi connectivity index (χ1) is 15.6. The van der Waals surface area contributed by atoms with Crippen molar-refractivity contribution in [2.24, 2.45) is 0 Å². The number of fused-ring (bicyclic) bond motifs is 1. The Morgan fingerprint density at radius 1 is 0.906 bits per heavy atom. The van der Waals surface area contributed by atoms with Gasteiger partial charge in [-0.05, 0) is 48.2 Å². The van der Waals surface area contributed by atoms with E-state index < -0.39 is 12.0 Å². The van der Waals surface area contributed by atoms with E-state index in [-0.39, 0.29) is 12.8 Å². The number of anilines is 1. The van der Waals surface area contributed by atoms with Gasteiger partial charge in [-0.3, -0.25) is 0 Å². The highest BCUT2D eigenvalue weighted by Crippen LogP contribution is 2.33. The molecule has 0 bridgehead atoms. The number of hydrogen-bond acceptors (Lipinski definition) is 5. The molecule has 0 saturated carbocycles. The summed E-state index contributed by atoms with van der Waals surface area (Å²) in [5, 5.41) is 5.81. The molecule has 0 fully saturated rings. The van der Waals surface area contributed by atoms with Crippen molar-refractivity contribution in [3.8, 4) is 11.5 Å². The maximum absolute atomic E-state index is 12.8. The van der Waals surface area contributed by atoms with E-state index in [0.717, 1.165) is 16.9 Å². The van der Waals surface area contributed by atoms with Gasteiger partial charge in [0.25, 0.3) is 0 Å². The first-order valence-electron chi connectivity index (χ1n) is 10.3. The Balaban J connectivity index is 1.50. The Labute approximate surface area is 186 Å². The fourth-order valence-electron chi connectivity index (χ4n) is 3.65. The number of para-hydroxylation sites is 1. The first-order valence-corrected chi connectivity index (χ1v) is 10.3. The number of ether oxygens (including phenoxy) is 3. The molecule has 0 aromatic heterocycles. The smallest absolute Gasteiger partial charge is 0.339 e. The minimum absolute atomic E-state index is 0.192. The summed E-state index contributed by atoms with van der Waals surface area (Å²) in [5.41, 5.74) is 2.80. The number of hydrogen-bond donors (Lipinski definition) is 2. The Morgan fingerprint density at radius 3 is 2.44 bits per heavy atom. The van der Waals surface area contributed by atoms with Crippen LogP contribution in [0.4, 0.5) is 10.5 Å². The molecule has 2 amide bonds. The lowest BCUT2D eigenvalue weighted by Gasteiger charge is -2.20. The van der Waals surface area contributed by atoms with Crippen LogP contribution in [0.25, 0.3) is 0 Å². The number of urea groups is 1. The summed E-state index contributed by atoms with van der Waals surface area (Å²) in [6.45, 7) is 0.215. The highest BCUT2D eigenvalue weighted by atomic mass is 16.7. The van der Waals surface area contributed by atoms with Gasteiger partial charge >= 0.3 is 12.0 Å². The number of esters is 1. The number of rotatable bonds is 7. The molecule has 2 N–H and O–H groups in total. The minimum Gasteiger partial charge on any atom is -0.465 e. The molecule has 0 spiro atoms.